The van der Waals surface area contributed by atoms with E-state index in [0.717, 1.165) is 28.1 Å². The number of hydrogen-bond acceptors (Lipinski definition) is 3. The normalized spacial score (nSPS) is 10.5. The minimum atomic E-state index is -0.0990. The lowest BCUT2D eigenvalue weighted by Gasteiger charge is -2.10. The van der Waals surface area contributed by atoms with Crippen LogP contribution in [0, 0.1) is 0 Å². The zero-order valence-electron chi connectivity index (χ0n) is 16.0. The van der Waals surface area contributed by atoms with Crippen molar-refractivity contribution in [2.45, 2.75) is 12.8 Å². The smallest absolute Gasteiger partial charge is 0.230 e. The first-order valence-electron chi connectivity index (χ1n) is 9.62. The zero-order valence-corrected chi connectivity index (χ0v) is 16.0. The molecule has 0 saturated heterocycles. The van der Waals surface area contributed by atoms with E-state index in [0.29, 0.717) is 18.8 Å². The monoisotopic (exact) mass is 379 g/mol. The lowest BCUT2D eigenvalue weighted by Crippen LogP contribution is -2.15. The summed E-state index contributed by atoms with van der Waals surface area (Å²) < 4.78 is 0. The molecular weight excluding hydrogens is 358 g/mol. The molecule has 0 atom stereocenters. The molecule has 142 valence electrons. The number of nitrogens with zero attached hydrogens (tertiary/aromatic N) is 2. The highest BCUT2D eigenvalue weighted by atomic mass is 16.1. The van der Waals surface area contributed by atoms with Gasteiger partial charge in [0.1, 0.15) is 0 Å². The Morgan fingerprint density at radius 1 is 0.690 bits per heavy atom. The summed E-state index contributed by atoms with van der Waals surface area (Å²) in [5.41, 5.74) is 4.64. The molecule has 0 saturated carbocycles. The molecule has 4 rings (SSSR count). The largest absolute Gasteiger partial charge is 0.294 e. The summed E-state index contributed by atoms with van der Waals surface area (Å²) in [4.78, 5) is 21.7. The standard InChI is InChI=1S/C25H21N3O/c29-24(17-16-19-10-4-1-5-11-19)28-25-26-22(20-12-6-2-7-13-20)18-23(27-25)21-14-8-3-9-15-21/h1-15,18H,16-17H2,(H,26,27,28,29). The van der Waals surface area contributed by atoms with Crippen molar-refractivity contribution in [3.63, 3.8) is 0 Å². The van der Waals surface area contributed by atoms with E-state index in [4.69, 9.17) is 0 Å². The van der Waals surface area contributed by atoms with E-state index in [1.807, 2.05) is 97.1 Å². The molecule has 0 aliphatic carbocycles. The van der Waals surface area contributed by atoms with E-state index >= 15 is 0 Å². The molecule has 0 fully saturated rings. The molecule has 29 heavy (non-hydrogen) atoms. The molecule has 4 heteroatoms. The maximum atomic E-state index is 12.5. The third kappa shape index (κ3) is 4.93. The fourth-order valence-electron chi connectivity index (χ4n) is 3.11. The molecule has 0 unspecified atom stereocenters. The SMILES string of the molecule is O=C(CCc1ccccc1)Nc1nc(-c2ccccc2)cc(-c2ccccc2)n1. The van der Waals surface area contributed by atoms with Gasteiger partial charge in [0, 0.05) is 17.5 Å². The molecule has 4 nitrogen and oxygen atoms in total. The van der Waals surface area contributed by atoms with Crippen molar-refractivity contribution >= 4 is 11.9 Å². The molecule has 0 spiro atoms. The van der Waals surface area contributed by atoms with Gasteiger partial charge in [0.2, 0.25) is 11.9 Å². The van der Waals surface area contributed by atoms with E-state index in [1.165, 1.54) is 0 Å². The van der Waals surface area contributed by atoms with Gasteiger partial charge >= 0.3 is 0 Å². The maximum Gasteiger partial charge on any atom is 0.230 e. The number of rotatable bonds is 6. The first-order valence-corrected chi connectivity index (χ1v) is 9.62. The third-order valence-electron chi connectivity index (χ3n) is 4.60. The third-order valence-corrected chi connectivity index (χ3v) is 4.60. The van der Waals surface area contributed by atoms with Crippen LogP contribution in [0.25, 0.3) is 22.5 Å². The van der Waals surface area contributed by atoms with E-state index in [9.17, 15) is 4.79 Å². The summed E-state index contributed by atoms with van der Waals surface area (Å²) in [5, 5.41) is 2.87. The second-order valence-electron chi connectivity index (χ2n) is 6.73. The number of carbonyl (C=O) groups is 1. The van der Waals surface area contributed by atoms with Crippen LogP contribution >= 0.6 is 0 Å². The van der Waals surface area contributed by atoms with Gasteiger partial charge in [-0.2, -0.15) is 0 Å². The van der Waals surface area contributed by atoms with Gasteiger partial charge in [0.15, 0.2) is 0 Å². The van der Waals surface area contributed by atoms with E-state index in [1.54, 1.807) is 0 Å². The van der Waals surface area contributed by atoms with Crippen LogP contribution in [0.3, 0.4) is 0 Å². The number of hydrogen-bond donors (Lipinski definition) is 1. The van der Waals surface area contributed by atoms with Crippen molar-refractivity contribution in [3.05, 3.63) is 103 Å². The van der Waals surface area contributed by atoms with Crippen LogP contribution in [-0.2, 0) is 11.2 Å². The second-order valence-corrected chi connectivity index (χ2v) is 6.73. The van der Waals surface area contributed by atoms with Crippen LogP contribution in [0.1, 0.15) is 12.0 Å². The van der Waals surface area contributed by atoms with E-state index in [-0.39, 0.29) is 5.91 Å². The van der Waals surface area contributed by atoms with Crippen LogP contribution in [-0.4, -0.2) is 15.9 Å². The number of benzene rings is 3. The van der Waals surface area contributed by atoms with Gasteiger partial charge in [-0.15, -0.1) is 0 Å². The van der Waals surface area contributed by atoms with Crippen LogP contribution < -0.4 is 5.32 Å². The number of carbonyl (C=O) groups excluding carboxylic acids is 1. The van der Waals surface area contributed by atoms with Gasteiger partial charge in [-0.3, -0.25) is 10.1 Å². The number of amides is 1. The highest BCUT2D eigenvalue weighted by Crippen LogP contribution is 2.25. The number of aromatic nitrogens is 2. The van der Waals surface area contributed by atoms with Gasteiger partial charge in [-0.25, -0.2) is 9.97 Å². The number of anilines is 1. The Balaban J connectivity index is 1.59. The summed E-state index contributed by atoms with van der Waals surface area (Å²) in [7, 11) is 0. The van der Waals surface area contributed by atoms with Crippen molar-refractivity contribution in [3.8, 4) is 22.5 Å². The predicted molar refractivity (Wildman–Crippen MR) is 116 cm³/mol. The predicted octanol–water partition coefficient (Wildman–Crippen LogP) is 5.38. The summed E-state index contributed by atoms with van der Waals surface area (Å²) >= 11 is 0. The fourth-order valence-corrected chi connectivity index (χ4v) is 3.11. The molecular formula is C25H21N3O. The average molecular weight is 379 g/mol. The van der Waals surface area contributed by atoms with E-state index in [2.05, 4.69) is 15.3 Å². The molecule has 1 aromatic heterocycles. The Kier molecular flexibility index (Phi) is 5.72. The number of nitrogens with one attached hydrogen (secondary N) is 1. The summed E-state index contributed by atoms with van der Waals surface area (Å²) in [6.45, 7) is 0. The van der Waals surface area contributed by atoms with Gasteiger partial charge in [0.25, 0.3) is 0 Å². The summed E-state index contributed by atoms with van der Waals surface area (Å²) in [6, 6.07) is 31.7. The highest BCUT2D eigenvalue weighted by Gasteiger charge is 2.11. The molecule has 3 aromatic carbocycles. The second kappa shape index (κ2) is 8.93. The molecule has 1 heterocycles. The van der Waals surface area contributed by atoms with Crippen molar-refractivity contribution in [1.29, 1.82) is 0 Å². The van der Waals surface area contributed by atoms with Gasteiger partial charge in [-0.05, 0) is 18.1 Å². The molecule has 0 aliphatic heterocycles. The van der Waals surface area contributed by atoms with Crippen LogP contribution in [0.5, 0.6) is 0 Å². The summed E-state index contributed by atoms with van der Waals surface area (Å²) in [6.07, 6.45) is 1.06. The van der Waals surface area contributed by atoms with Gasteiger partial charge in [0.05, 0.1) is 11.4 Å². The van der Waals surface area contributed by atoms with Crippen molar-refractivity contribution < 1.29 is 4.79 Å². The molecule has 0 bridgehead atoms. The average Bonchev–Trinajstić information content (AvgIpc) is 2.79. The fraction of sp³-hybridized carbons (Fsp3) is 0.0800. The van der Waals surface area contributed by atoms with Crippen molar-refractivity contribution in [1.82, 2.24) is 9.97 Å². The first-order chi connectivity index (χ1) is 14.3. The first kappa shape index (κ1) is 18.6. The van der Waals surface area contributed by atoms with Gasteiger partial charge < -0.3 is 0 Å². The molecule has 1 amide bonds. The van der Waals surface area contributed by atoms with Crippen LogP contribution in [0.15, 0.2) is 97.1 Å². The topological polar surface area (TPSA) is 54.9 Å². The Morgan fingerprint density at radius 3 is 1.69 bits per heavy atom. The zero-order chi connectivity index (χ0) is 19.9. The quantitative estimate of drug-likeness (QED) is 0.489. The van der Waals surface area contributed by atoms with Crippen LogP contribution in [0.4, 0.5) is 5.95 Å². The van der Waals surface area contributed by atoms with Gasteiger partial charge in [-0.1, -0.05) is 91.0 Å². The molecule has 0 radical (unpaired) electrons. The van der Waals surface area contributed by atoms with E-state index < -0.39 is 0 Å². The van der Waals surface area contributed by atoms with Crippen molar-refractivity contribution in [2.75, 3.05) is 5.32 Å². The lowest BCUT2D eigenvalue weighted by atomic mass is 10.1. The maximum absolute atomic E-state index is 12.5. The van der Waals surface area contributed by atoms with Crippen LogP contribution in [0.2, 0.25) is 0 Å². The minimum absolute atomic E-state index is 0.0990. The van der Waals surface area contributed by atoms with Crippen molar-refractivity contribution in [2.24, 2.45) is 0 Å². The number of aryl methyl sites for hydroxylation is 1. The molecule has 0 aliphatic rings. The Morgan fingerprint density at radius 2 is 1.17 bits per heavy atom. The highest BCUT2D eigenvalue weighted by molar-refractivity contribution is 5.89. The lowest BCUT2D eigenvalue weighted by molar-refractivity contribution is -0.116. The minimum Gasteiger partial charge on any atom is -0.294 e. The Bertz CT molecular complexity index is 1020. The Labute approximate surface area is 170 Å². The summed E-state index contributed by atoms with van der Waals surface area (Å²) in [5.74, 6) is 0.223. The molecule has 1 N–H and O–H groups in total. The molecule has 4 aromatic rings. The Hall–Kier alpha value is -3.79.